The van der Waals surface area contributed by atoms with E-state index in [0.29, 0.717) is 0 Å². The molecular formula is C12H10O2P+. The van der Waals surface area contributed by atoms with Crippen LogP contribution in [0.25, 0.3) is 22.7 Å². The van der Waals surface area contributed by atoms with Gasteiger partial charge in [0.15, 0.2) is 5.42 Å². The quantitative estimate of drug-likeness (QED) is 0.678. The van der Waals surface area contributed by atoms with Crippen LogP contribution in [0.15, 0.2) is 28.5 Å². The minimum Gasteiger partial charge on any atom is -0.250 e. The van der Waals surface area contributed by atoms with Crippen LogP contribution in [-0.4, -0.2) is 0 Å². The molecule has 0 saturated carbocycles. The van der Waals surface area contributed by atoms with E-state index in [4.69, 9.17) is 4.20 Å². The Labute approximate surface area is 87.4 Å². The van der Waals surface area contributed by atoms with Gasteiger partial charge in [0.05, 0.1) is 0 Å². The first-order valence-electron chi connectivity index (χ1n) is 5.01. The van der Waals surface area contributed by atoms with E-state index in [0.717, 1.165) is 34.0 Å². The lowest BCUT2D eigenvalue weighted by Crippen LogP contribution is -2.26. The summed E-state index contributed by atoms with van der Waals surface area (Å²) >= 11 is 0. The molecule has 1 aromatic carbocycles. The van der Waals surface area contributed by atoms with Gasteiger partial charge in [-0.3, -0.25) is 0 Å². The summed E-state index contributed by atoms with van der Waals surface area (Å²) in [5, 5.41) is 2.99. The zero-order valence-corrected chi connectivity index (χ0v) is 9.04. The van der Waals surface area contributed by atoms with Gasteiger partial charge in [0.2, 0.25) is 5.12 Å². The van der Waals surface area contributed by atoms with Crippen LogP contribution in [0.5, 0.6) is 0 Å². The summed E-state index contributed by atoms with van der Waals surface area (Å²) in [6.45, 7) is 0. The van der Waals surface area contributed by atoms with Crippen molar-refractivity contribution in [2.75, 3.05) is 0 Å². The number of rotatable bonds is 0. The second kappa shape index (κ2) is 3.32. The average molecular weight is 217 g/mol. The largest absolute Gasteiger partial charge is 0.597 e. The highest BCUT2D eigenvalue weighted by atomic mass is 31.1. The molecule has 0 N–H and O–H groups in total. The van der Waals surface area contributed by atoms with Crippen LogP contribution in [0.2, 0.25) is 0 Å². The van der Waals surface area contributed by atoms with Gasteiger partial charge in [0.1, 0.15) is 0 Å². The maximum Gasteiger partial charge on any atom is 0.597 e. The molecule has 74 valence electrons. The van der Waals surface area contributed by atoms with E-state index < -0.39 is 7.65 Å². The number of hydrogen-bond acceptors (Lipinski definition) is 2. The molecule has 3 heteroatoms. The number of benzene rings is 1. The van der Waals surface area contributed by atoms with Gasteiger partial charge in [-0.15, -0.1) is 0 Å². The molecule has 15 heavy (non-hydrogen) atoms. The van der Waals surface area contributed by atoms with Crippen LogP contribution in [0.4, 0.5) is 0 Å². The Balaban J connectivity index is 2.69. The van der Waals surface area contributed by atoms with Gasteiger partial charge in [0, 0.05) is 10.6 Å². The van der Waals surface area contributed by atoms with Crippen LogP contribution in [0.1, 0.15) is 12.8 Å². The van der Waals surface area contributed by atoms with E-state index in [1.54, 1.807) is 0 Å². The molecule has 0 spiro atoms. The molecule has 0 amide bonds. The molecule has 2 nitrogen and oxygen atoms in total. The molecule has 0 fully saturated rings. The fourth-order valence-corrected chi connectivity index (χ4v) is 3.03. The van der Waals surface area contributed by atoms with Crippen molar-refractivity contribution < 1.29 is 8.76 Å². The molecule has 1 heterocycles. The van der Waals surface area contributed by atoms with Gasteiger partial charge < -0.3 is 0 Å². The van der Waals surface area contributed by atoms with Crippen molar-refractivity contribution in [2.45, 2.75) is 12.8 Å². The molecule has 0 aliphatic heterocycles. The molecule has 1 unspecified atom stereocenters. The highest BCUT2D eigenvalue weighted by molar-refractivity contribution is 7.36. The lowest BCUT2D eigenvalue weighted by molar-refractivity contribution is 0.535. The van der Waals surface area contributed by atoms with E-state index in [-0.39, 0.29) is 0 Å². The van der Waals surface area contributed by atoms with Gasteiger partial charge in [-0.2, -0.15) is 0 Å². The zero-order valence-electron chi connectivity index (χ0n) is 8.14. The van der Waals surface area contributed by atoms with E-state index in [9.17, 15) is 4.57 Å². The van der Waals surface area contributed by atoms with Crippen molar-refractivity contribution >= 4 is 30.3 Å². The van der Waals surface area contributed by atoms with Crippen LogP contribution >= 0.6 is 7.65 Å². The van der Waals surface area contributed by atoms with Gasteiger partial charge in [-0.25, -0.2) is 4.20 Å². The summed E-state index contributed by atoms with van der Waals surface area (Å²) in [6.07, 6.45) is 6.20. The van der Waals surface area contributed by atoms with Crippen LogP contribution in [0, 0.1) is 0 Å². The smallest absolute Gasteiger partial charge is 0.250 e. The fraction of sp³-hybridized carbons (Fsp3) is 0.167. The van der Waals surface area contributed by atoms with Gasteiger partial charge in [-0.05, 0) is 35.6 Å². The first-order chi connectivity index (χ1) is 7.36. The standard InChI is InChI=1S/C12H10O2P/c13-15-12-8-4-2-6-10(12)9-5-1-3-7-11(9)14-15/h2,4-8H,1,3H2/q+1. The summed E-state index contributed by atoms with van der Waals surface area (Å²) in [6, 6.07) is 7.75. The fourth-order valence-electron chi connectivity index (χ4n) is 1.98. The lowest BCUT2D eigenvalue weighted by Gasteiger charge is -1.96. The highest BCUT2D eigenvalue weighted by Crippen LogP contribution is 2.23. The van der Waals surface area contributed by atoms with Crippen LogP contribution < -0.4 is 10.6 Å². The summed E-state index contributed by atoms with van der Waals surface area (Å²) < 4.78 is 17.2. The van der Waals surface area contributed by atoms with Crippen LogP contribution in [0.3, 0.4) is 0 Å². The third-order valence-electron chi connectivity index (χ3n) is 2.68. The van der Waals surface area contributed by atoms with Gasteiger partial charge in [-0.1, -0.05) is 18.2 Å². The summed E-state index contributed by atoms with van der Waals surface area (Å²) in [7, 11) is -1.71. The van der Waals surface area contributed by atoms with Crippen molar-refractivity contribution in [3.05, 3.63) is 34.9 Å². The second-order valence-corrected chi connectivity index (χ2v) is 4.81. The minimum absolute atomic E-state index is 0.793. The number of fused-ring (bicyclic) bond motifs is 3. The van der Waals surface area contributed by atoms with E-state index in [1.165, 1.54) is 0 Å². The van der Waals surface area contributed by atoms with E-state index >= 15 is 0 Å². The maximum atomic E-state index is 11.8. The molecule has 1 aliphatic rings. The van der Waals surface area contributed by atoms with Gasteiger partial charge in [0.25, 0.3) is 0 Å². The Morgan fingerprint density at radius 2 is 1.93 bits per heavy atom. The van der Waals surface area contributed by atoms with Gasteiger partial charge >= 0.3 is 7.65 Å². The zero-order chi connectivity index (χ0) is 10.3. The van der Waals surface area contributed by atoms with E-state index in [1.807, 2.05) is 30.3 Å². The third-order valence-corrected chi connectivity index (χ3v) is 3.83. The normalized spacial score (nSPS) is 15.3. The highest BCUT2D eigenvalue weighted by Gasteiger charge is 2.14. The minimum atomic E-state index is -1.71. The van der Waals surface area contributed by atoms with Crippen molar-refractivity contribution in [2.24, 2.45) is 0 Å². The predicted molar refractivity (Wildman–Crippen MR) is 61.2 cm³/mol. The molecule has 0 saturated heterocycles. The van der Waals surface area contributed by atoms with Crippen LogP contribution in [-0.2, 0) is 4.57 Å². The molecule has 2 aromatic rings. The Morgan fingerprint density at radius 1 is 1.13 bits per heavy atom. The monoisotopic (exact) mass is 217 g/mol. The van der Waals surface area contributed by atoms with Crippen molar-refractivity contribution in [3.63, 3.8) is 0 Å². The lowest BCUT2D eigenvalue weighted by atomic mass is 10.1. The Hall–Kier alpha value is -1.40. The molecule has 3 rings (SSSR count). The SMILES string of the molecule is O=[p+]1oc2c(c3ccccc31)=CCCC=2. The molecule has 1 aliphatic carbocycles. The Morgan fingerprint density at radius 3 is 2.87 bits per heavy atom. The number of hydrogen-bond donors (Lipinski definition) is 0. The molecule has 0 bridgehead atoms. The Bertz CT molecular complexity index is 698. The molecule has 0 radical (unpaired) electrons. The second-order valence-electron chi connectivity index (χ2n) is 3.63. The predicted octanol–water partition coefficient (Wildman–Crippen LogP) is 2.53. The van der Waals surface area contributed by atoms with Crippen molar-refractivity contribution in [3.8, 4) is 0 Å². The van der Waals surface area contributed by atoms with Crippen molar-refractivity contribution in [1.29, 1.82) is 0 Å². The third kappa shape index (κ3) is 1.33. The molecule has 1 aromatic heterocycles. The first-order valence-corrected chi connectivity index (χ1v) is 6.19. The Kier molecular flexibility index (Phi) is 1.96. The van der Waals surface area contributed by atoms with Crippen molar-refractivity contribution in [1.82, 2.24) is 0 Å². The molecular weight excluding hydrogens is 207 g/mol. The topological polar surface area (TPSA) is 30.2 Å². The maximum absolute atomic E-state index is 11.8. The average Bonchev–Trinajstić information content (AvgIpc) is 2.30. The summed E-state index contributed by atoms with van der Waals surface area (Å²) in [5.41, 5.74) is 0.793. The summed E-state index contributed by atoms with van der Waals surface area (Å²) in [4.78, 5) is 0. The summed E-state index contributed by atoms with van der Waals surface area (Å²) in [5.74, 6) is 0. The van der Waals surface area contributed by atoms with E-state index in [2.05, 4.69) is 6.08 Å². The molecule has 1 atom stereocenters. The first kappa shape index (κ1) is 8.87.